The van der Waals surface area contributed by atoms with Crippen LogP contribution in [-0.4, -0.2) is 33.9 Å². The SMILES string of the molecule is CCC=CC=CNC(=O)O.O=C(O)NCC=Cc1ccccn1. The second-order valence-electron chi connectivity index (χ2n) is 3.99. The van der Waals surface area contributed by atoms with Gasteiger partial charge in [-0.3, -0.25) is 10.3 Å². The van der Waals surface area contributed by atoms with Crippen LogP contribution in [0.2, 0.25) is 0 Å². The fourth-order valence-electron chi connectivity index (χ4n) is 1.19. The molecule has 7 nitrogen and oxygen atoms in total. The molecule has 1 aromatic rings. The standard InChI is InChI=1S/C9H10N2O2.C7H11NO2/c12-9(13)11-7-3-5-8-4-1-2-6-10-8;1-2-3-4-5-6-8-7(9)10/h1-6,11H,7H2,(H,12,13);3-6,8H,2H2,1H3,(H,9,10). The van der Waals surface area contributed by atoms with E-state index in [0.717, 1.165) is 12.1 Å². The molecule has 0 atom stereocenters. The van der Waals surface area contributed by atoms with Crippen molar-refractivity contribution >= 4 is 18.3 Å². The average molecular weight is 319 g/mol. The predicted octanol–water partition coefficient (Wildman–Crippen LogP) is 3.10. The summed E-state index contributed by atoms with van der Waals surface area (Å²) < 4.78 is 0. The van der Waals surface area contributed by atoms with E-state index in [4.69, 9.17) is 10.2 Å². The first-order valence-corrected chi connectivity index (χ1v) is 6.91. The number of amides is 2. The second-order valence-corrected chi connectivity index (χ2v) is 3.99. The van der Waals surface area contributed by atoms with Gasteiger partial charge < -0.3 is 15.5 Å². The number of pyridine rings is 1. The summed E-state index contributed by atoms with van der Waals surface area (Å²) in [5, 5.41) is 20.6. The first-order valence-electron chi connectivity index (χ1n) is 6.91. The molecule has 0 spiro atoms. The monoisotopic (exact) mass is 319 g/mol. The molecule has 0 saturated heterocycles. The van der Waals surface area contributed by atoms with Gasteiger partial charge in [-0.2, -0.15) is 0 Å². The number of aromatic nitrogens is 1. The average Bonchev–Trinajstić information content (AvgIpc) is 2.53. The van der Waals surface area contributed by atoms with Gasteiger partial charge in [0.15, 0.2) is 0 Å². The molecule has 0 aliphatic rings. The summed E-state index contributed by atoms with van der Waals surface area (Å²) in [5.74, 6) is 0. The quantitative estimate of drug-likeness (QED) is 0.602. The van der Waals surface area contributed by atoms with E-state index in [1.165, 1.54) is 6.20 Å². The van der Waals surface area contributed by atoms with Crippen molar-refractivity contribution < 1.29 is 19.8 Å². The van der Waals surface area contributed by atoms with E-state index in [1.54, 1.807) is 30.5 Å². The smallest absolute Gasteiger partial charge is 0.408 e. The van der Waals surface area contributed by atoms with Gasteiger partial charge in [-0.1, -0.05) is 31.2 Å². The molecule has 2 amide bonds. The topological polar surface area (TPSA) is 112 Å². The number of hydrogen-bond acceptors (Lipinski definition) is 3. The lowest BCUT2D eigenvalue weighted by atomic mass is 10.3. The van der Waals surface area contributed by atoms with Crippen molar-refractivity contribution in [2.24, 2.45) is 0 Å². The zero-order valence-electron chi connectivity index (χ0n) is 12.8. The molecule has 0 radical (unpaired) electrons. The van der Waals surface area contributed by atoms with Gasteiger partial charge in [0.05, 0.1) is 5.69 Å². The van der Waals surface area contributed by atoms with Crippen molar-refractivity contribution in [3.05, 3.63) is 60.6 Å². The van der Waals surface area contributed by atoms with Gasteiger partial charge in [0.1, 0.15) is 0 Å². The largest absolute Gasteiger partial charge is 0.465 e. The van der Waals surface area contributed by atoms with Crippen molar-refractivity contribution in [3.8, 4) is 0 Å². The lowest BCUT2D eigenvalue weighted by Gasteiger charge is -1.93. The molecule has 0 aliphatic heterocycles. The highest BCUT2D eigenvalue weighted by molar-refractivity contribution is 5.65. The highest BCUT2D eigenvalue weighted by atomic mass is 16.4. The van der Waals surface area contributed by atoms with Crippen LogP contribution in [0.15, 0.2) is 54.9 Å². The molecule has 23 heavy (non-hydrogen) atoms. The van der Waals surface area contributed by atoms with E-state index in [2.05, 4.69) is 15.6 Å². The Hall–Kier alpha value is -3.09. The van der Waals surface area contributed by atoms with Crippen molar-refractivity contribution in [2.45, 2.75) is 13.3 Å². The lowest BCUT2D eigenvalue weighted by Crippen LogP contribution is -2.20. The predicted molar refractivity (Wildman–Crippen MR) is 89.0 cm³/mol. The fraction of sp³-hybridized carbons (Fsp3) is 0.188. The minimum atomic E-state index is -1.04. The third kappa shape index (κ3) is 15.1. The Morgan fingerprint density at radius 2 is 1.96 bits per heavy atom. The maximum atomic E-state index is 10.1. The van der Waals surface area contributed by atoms with Gasteiger partial charge in [-0.25, -0.2) is 9.59 Å². The molecule has 1 rings (SSSR count). The van der Waals surface area contributed by atoms with Crippen LogP contribution in [0.5, 0.6) is 0 Å². The summed E-state index contributed by atoms with van der Waals surface area (Å²) in [4.78, 5) is 23.9. The molecule has 0 aliphatic carbocycles. The van der Waals surface area contributed by atoms with Crippen LogP contribution in [-0.2, 0) is 0 Å². The highest BCUT2D eigenvalue weighted by Crippen LogP contribution is 1.94. The lowest BCUT2D eigenvalue weighted by molar-refractivity contribution is 0.195. The van der Waals surface area contributed by atoms with Crippen molar-refractivity contribution in [1.29, 1.82) is 0 Å². The Morgan fingerprint density at radius 1 is 1.17 bits per heavy atom. The zero-order chi connectivity index (χ0) is 17.3. The Balaban J connectivity index is 0.000000438. The van der Waals surface area contributed by atoms with E-state index in [-0.39, 0.29) is 0 Å². The summed E-state index contributed by atoms with van der Waals surface area (Å²) in [7, 11) is 0. The molecular formula is C16H21N3O4. The number of hydrogen-bond donors (Lipinski definition) is 4. The minimum absolute atomic E-state index is 0.298. The van der Waals surface area contributed by atoms with E-state index in [9.17, 15) is 9.59 Å². The van der Waals surface area contributed by atoms with E-state index >= 15 is 0 Å². The molecule has 1 heterocycles. The molecule has 7 heteroatoms. The van der Waals surface area contributed by atoms with Crippen LogP contribution in [0.3, 0.4) is 0 Å². The van der Waals surface area contributed by atoms with Crippen LogP contribution < -0.4 is 10.6 Å². The van der Waals surface area contributed by atoms with Crippen LogP contribution in [0.4, 0.5) is 9.59 Å². The molecule has 0 saturated carbocycles. The second kappa shape index (κ2) is 13.9. The van der Waals surface area contributed by atoms with Crippen LogP contribution >= 0.6 is 0 Å². The summed E-state index contributed by atoms with van der Waals surface area (Å²) in [6, 6.07) is 5.54. The number of carboxylic acid groups (broad SMARTS) is 2. The molecule has 0 fully saturated rings. The summed E-state index contributed by atoms with van der Waals surface area (Å²) in [6.07, 6.45) is 10.8. The summed E-state index contributed by atoms with van der Waals surface area (Å²) >= 11 is 0. The molecule has 4 N–H and O–H groups in total. The van der Waals surface area contributed by atoms with Crippen molar-refractivity contribution in [3.63, 3.8) is 0 Å². The zero-order valence-corrected chi connectivity index (χ0v) is 12.8. The first-order chi connectivity index (χ1) is 11.1. The van der Waals surface area contributed by atoms with Crippen molar-refractivity contribution in [1.82, 2.24) is 15.6 Å². The van der Waals surface area contributed by atoms with E-state index in [1.807, 2.05) is 31.2 Å². The van der Waals surface area contributed by atoms with Gasteiger partial charge in [0.25, 0.3) is 0 Å². The fourth-order valence-corrected chi connectivity index (χ4v) is 1.19. The molecule has 1 aromatic heterocycles. The Morgan fingerprint density at radius 3 is 2.52 bits per heavy atom. The molecular weight excluding hydrogens is 298 g/mol. The molecule has 124 valence electrons. The van der Waals surface area contributed by atoms with Gasteiger partial charge in [0.2, 0.25) is 0 Å². The Labute approximate surface area is 135 Å². The summed E-state index contributed by atoms with van der Waals surface area (Å²) in [5.41, 5.74) is 0.815. The summed E-state index contributed by atoms with van der Waals surface area (Å²) in [6.45, 7) is 2.31. The maximum Gasteiger partial charge on any atom is 0.408 e. The third-order valence-electron chi connectivity index (χ3n) is 2.13. The van der Waals surface area contributed by atoms with Gasteiger partial charge in [-0.05, 0) is 30.7 Å². The number of allylic oxidation sites excluding steroid dienone is 3. The van der Waals surface area contributed by atoms with E-state index < -0.39 is 12.2 Å². The van der Waals surface area contributed by atoms with E-state index in [0.29, 0.717) is 6.54 Å². The van der Waals surface area contributed by atoms with Gasteiger partial charge in [-0.15, -0.1) is 0 Å². The molecule has 0 aromatic carbocycles. The number of rotatable bonds is 6. The molecule has 0 unspecified atom stereocenters. The maximum absolute atomic E-state index is 10.1. The van der Waals surface area contributed by atoms with Gasteiger partial charge in [0, 0.05) is 18.9 Å². The Bertz CT molecular complexity index is 540. The third-order valence-corrected chi connectivity index (χ3v) is 2.13. The first kappa shape index (κ1) is 19.9. The number of nitrogens with zero attached hydrogens (tertiary/aromatic N) is 1. The Kier molecular flexibility index (Phi) is 12.0. The number of carbonyl (C=O) groups is 2. The normalized spacial score (nSPS) is 10.5. The van der Waals surface area contributed by atoms with Gasteiger partial charge >= 0.3 is 12.2 Å². The minimum Gasteiger partial charge on any atom is -0.465 e. The van der Waals surface area contributed by atoms with Crippen LogP contribution in [0.1, 0.15) is 19.0 Å². The number of nitrogens with one attached hydrogen (secondary N) is 2. The van der Waals surface area contributed by atoms with Crippen LogP contribution in [0.25, 0.3) is 6.08 Å². The van der Waals surface area contributed by atoms with Crippen molar-refractivity contribution in [2.75, 3.05) is 6.54 Å². The van der Waals surface area contributed by atoms with Crippen LogP contribution in [0, 0.1) is 0 Å². The highest BCUT2D eigenvalue weighted by Gasteiger charge is 1.88. The molecule has 0 bridgehead atoms.